The number of hydrogen-bond acceptors (Lipinski definition) is 2. The summed E-state index contributed by atoms with van der Waals surface area (Å²) < 4.78 is 42.8. The van der Waals surface area contributed by atoms with Crippen LogP contribution in [0, 0.1) is 58.7 Å². The van der Waals surface area contributed by atoms with Gasteiger partial charge in [0.05, 0.1) is 0 Å². The summed E-state index contributed by atoms with van der Waals surface area (Å²) in [5.74, 6) is 4.46. The van der Waals surface area contributed by atoms with Crippen molar-refractivity contribution in [3.8, 4) is 12.3 Å². The molecule has 0 spiro atoms. The van der Waals surface area contributed by atoms with Gasteiger partial charge in [0, 0.05) is 5.92 Å². The number of rotatable bonds is 3. The number of alkyl halides is 3. The van der Waals surface area contributed by atoms with E-state index in [-0.39, 0.29) is 5.41 Å². The van der Waals surface area contributed by atoms with Crippen LogP contribution in [0.3, 0.4) is 0 Å². The van der Waals surface area contributed by atoms with Crippen LogP contribution in [0.1, 0.15) is 85.0 Å². The third kappa shape index (κ3) is 3.70. The van der Waals surface area contributed by atoms with Crippen molar-refractivity contribution in [1.29, 1.82) is 0 Å². The van der Waals surface area contributed by atoms with Gasteiger partial charge in [-0.1, -0.05) is 20.8 Å². The molecule has 0 aromatic carbocycles. The summed E-state index contributed by atoms with van der Waals surface area (Å²) >= 11 is 0. The highest BCUT2D eigenvalue weighted by Crippen LogP contribution is 2.68. The normalized spacial score (nSPS) is 45.6. The van der Waals surface area contributed by atoms with Crippen LogP contribution >= 0.6 is 0 Å². The summed E-state index contributed by atoms with van der Waals surface area (Å²) in [5.41, 5.74) is 0.483. The van der Waals surface area contributed by atoms with Gasteiger partial charge in [-0.15, -0.1) is 12.3 Å². The first-order valence-electron chi connectivity index (χ1n) is 12.3. The molecule has 9 atom stereocenters. The molecule has 4 aliphatic carbocycles. The van der Waals surface area contributed by atoms with Crippen molar-refractivity contribution < 1.29 is 22.7 Å². The molecular weight excluding hydrogens is 401 g/mol. The number of hydrogen-bond donors (Lipinski definition) is 0. The van der Waals surface area contributed by atoms with Gasteiger partial charge in [-0.2, -0.15) is 13.2 Å². The lowest BCUT2D eigenvalue weighted by atomic mass is 9.44. The summed E-state index contributed by atoms with van der Waals surface area (Å²) in [6.07, 6.45) is 10.6. The van der Waals surface area contributed by atoms with Crippen LogP contribution in [-0.2, 0) is 9.53 Å². The summed E-state index contributed by atoms with van der Waals surface area (Å²) in [5, 5.41) is 0. The van der Waals surface area contributed by atoms with Gasteiger partial charge in [-0.25, -0.2) is 4.79 Å². The molecule has 2 unspecified atom stereocenters. The average Bonchev–Trinajstić information content (AvgIpc) is 3.06. The minimum atomic E-state index is -4.90. The second-order valence-electron chi connectivity index (χ2n) is 11.4. The number of halogens is 3. The molecule has 31 heavy (non-hydrogen) atoms. The van der Waals surface area contributed by atoms with E-state index in [2.05, 4.69) is 26.7 Å². The molecule has 4 fully saturated rings. The van der Waals surface area contributed by atoms with Gasteiger partial charge in [-0.05, 0) is 105 Å². The van der Waals surface area contributed by atoms with Gasteiger partial charge in [0.15, 0.2) is 0 Å². The first-order chi connectivity index (χ1) is 14.5. The van der Waals surface area contributed by atoms with Crippen molar-refractivity contribution in [2.45, 2.75) is 97.3 Å². The third-order valence-electron chi connectivity index (χ3n) is 10.3. The van der Waals surface area contributed by atoms with Crippen LogP contribution in [0.15, 0.2) is 0 Å². The van der Waals surface area contributed by atoms with Gasteiger partial charge < -0.3 is 4.74 Å². The lowest BCUT2D eigenvalue weighted by Gasteiger charge is -2.61. The molecule has 0 aliphatic heterocycles. The predicted molar refractivity (Wildman–Crippen MR) is 114 cm³/mol. The fourth-order valence-corrected chi connectivity index (χ4v) is 8.76. The van der Waals surface area contributed by atoms with Gasteiger partial charge in [0.25, 0.3) is 0 Å². The Hall–Kier alpha value is -1.18. The van der Waals surface area contributed by atoms with E-state index in [9.17, 15) is 18.0 Å². The van der Waals surface area contributed by atoms with E-state index in [0.717, 1.165) is 31.6 Å². The highest BCUT2D eigenvalue weighted by molar-refractivity contribution is 5.75. The Kier molecular flexibility index (Phi) is 5.93. The molecule has 0 saturated heterocycles. The van der Waals surface area contributed by atoms with Gasteiger partial charge in [0.2, 0.25) is 0 Å². The van der Waals surface area contributed by atoms with Crippen LogP contribution in [0.25, 0.3) is 0 Å². The van der Waals surface area contributed by atoms with E-state index < -0.39 is 18.2 Å². The quantitative estimate of drug-likeness (QED) is 0.359. The van der Waals surface area contributed by atoms with Crippen LogP contribution in [0.4, 0.5) is 13.2 Å². The van der Waals surface area contributed by atoms with E-state index in [1.165, 1.54) is 25.7 Å². The standard InChI is InChI=1S/C26H37F3O2/c1-5-16(6-2)20-9-10-21-19-8-7-17-15-18(31-23(30)26(27,28)29)11-13-24(17,3)22(19)12-14-25(20,21)4/h1,16-22H,6-15H2,2-4H3/t16-,17-,18-,19+,20-,21?,22?,24+,25-/m1/s1. The molecule has 4 saturated carbocycles. The monoisotopic (exact) mass is 438 g/mol. The molecular formula is C26H37F3O2. The molecule has 0 aromatic rings. The number of fused-ring (bicyclic) bond motifs is 5. The third-order valence-corrected chi connectivity index (χ3v) is 10.3. The average molecular weight is 439 g/mol. The second-order valence-corrected chi connectivity index (χ2v) is 11.4. The zero-order valence-electron chi connectivity index (χ0n) is 19.1. The molecule has 0 aromatic heterocycles. The fourth-order valence-electron chi connectivity index (χ4n) is 8.76. The highest BCUT2D eigenvalue weighted by atomic mass is 19.4. The molecule has 2 nitrogen and oxygen atoms in total. The summed E-state index contributed by atoms with van der Waals surface area (Å²) in [6.45, 7) is 7.08. The maximum absolute atomic E-state index is 12.6. The number of carbonyl (C=O) groups excluding carboxylic acids is 1. The van der Waals surface area contributed by atoms with Gasteiger partial charge in [-0.3, -0.25) is 0 Å². The predicted octanol–water partition coefficient (Wildman–Crippen LogP) is 6.78. The molecule has 4 aliphatic rings. The molecule has 5 heteroatoms. The first-order valence-corrected chi connectivity index (χ1v) is 12.3. The van der Waals surface area contributed by atoms with E-state index >= 15 is 0 Å². The van der Waals surface area contributed by atoms with E-state index in [1.54, 1.807) is 0 Å². The Balaban J connectivity index is 1.48. The lowest BCUT2D eigenvalue weighted by molar-refractivity contribution is -0.210. The number of carbonyl (C=O) groups is 1. The van der Waals surface area contributed by atoms with E-state index in [1.807, 2.05) is 0 Å². The SMILES string of the molecule is C#C[C@H](CC)[C@H]1CCC2[C@@H]3CC[C@@H]4C[C@H](OC(=O)C(F)(F)F)CC[C@]4(C)C3CC[C@@]21C. The van der Waals surface area contributed by atoms with E-state index in [0.29, 0.717) is 47.8 Å². The molecule has 0 N–H and O–H groups in total. The Morgan fingerprint density at radius 1 is 1.06 bits per heavy atom. The van der Waals surface area contributed by atoms with Crippen molar-refractivity contribution in [3.05, 3.63) is 0 Å². The Labute approximate surface area is 185 Å². The van der Waals surface area contributed by atoms with Crippen molar-refractivity contribution in [2.75, 3.05) is 0 Å². The lowest BCUT2D eigenvalue weighted by Crippen LogP contribution is -2.54. The van der Waals surface area contributed by atoms with Crippen molar-refractivity contribution in [1.82, 2.24) is 0 Å². The summed E-state index contributed by atoms with van der Waals surface area (Å²) in [7, 11) is 0. The van der Waals surface area contributed by atoms with Gasteiger partial charge in [0.1, 0.15) is 6.10 Å². The van der Waals surface area contributed by atoms with Crippen molar-refractivity contribution in [2.24, 2.45) is 46.3 Å². The minimum absolute atomic E-state index is 0.153. The molecule has 0 bridgehead atoms. The smallest absolute Gasteiger partial charge is 0.456 e. The van der Waals surface area contributed by atoms with Crippen LogP contribution in [0.2, 0.25) is 0 Å². The van der Waals surface area contributed by atoms with Crippen molar-refractivity contribution in [3.63, 3.8) is 0 Å². The van der Waals surface area contributed by atoms with Crippen molar-refractivity contribution >= 4 is 5.97 Å². The summed E-state index contributed by atoms with van der Waals surface area (Å²) in [4.78, 5) is 11.3. The van der Waals surface area contributed by atoms with Crippen LogP contribution < -0.4 is 0 Å². The Morgan fingerprint density at radius 2 is 1.74 bits per heavy atom. The zero-order chi connectivity index (χ0) is 22.6. The second kappa shape index (κ2) is 7.99. The highest BCUT2D eigenvalue weighted by Gasteiger charge is 2.61. The van der Waals surface area contributed by atoms with Crippen LogP contribution in [-0.4, -0.2) is 18.2 Å². The fraction of sp³-hybridized carbons (Fsp3) is 0.885. The van der Waals surface area contributed by atoms with E-state index in [4.69, 9.17) is 11.2 Å². The first kappa shape index (κ1) is 23.0. The molecule has 0 radical (unpaired) electrons. The number of terminal acetylenes is 1. The van der Waals surface area contributed by atoms with Gasteiger partial charge >= 0.3 is 12.1 Å². The Bertz CT molecular complexity index is 740. The zero-order valence-corrected chi connectivity index (χ0v) is 19.1. The summed E-state index contributed by atoms with van der Waals surface area (Å²) in [6, 6.07) is 0. The molecule has 0 amide bonds. The maximum Gasteiger partial charge on any atom is 0.490 e. The molecule has 4 rings (SSSR count). The molecule has 0 heterocycles. The number of ether oxygens (including phenoxy) is 1. The largest absolute Gasteiger partial charge is 0.490 e. The maximum atomic E-state index is 12.6. The van der Waals surface area contributed by atoms with Crippen LogP contribution in [0.5, 0.6) is 0 Å². The Morgan fingerprint density at radius 3 is 2.39 bits per heavy atom. The molecule has 174 valence electrons. The minimum Gasteiger partial charge on any atom is -0.456 e. The topological polar surface area (TPSA) is 26.3 Å². The number of esters is 1.